The Bertz CT molecular complexity index is 1020. The number of hydrogen-bond donors (Lipinski definition) is 0. The van der Waals surface area contributed by atoms with Crippen LogP contribution in [0.15, 0.2) is 40.9 Å². The molecule has 32 heavy (non-hydrogen) atoms. The largest absolute Gasteiger partial charge is 0.351 e. The fraction of sp³-hybridized carbons (Fsp3) is 0.577. The topological polar surface area (TPSA) is 66.7 Å². The molecule has 0 spiro atoms. The van der Waals surface area contributed by atoms with Crippen LogP contribution in [0.1, 0.15) is 81.1 Å². The monoisotopic (exact) mass is 435 g/mol. The number of piperidine rings is 1. The van der Waals surface area contributed by atoms with Crippen LogP contribution in [0, 0.1) is 5.41 Å². The fourth-order valence-electron chi connectivity index (χ4n) is 6.71. The Morgan fingerprint density at radius 2 is 1.84 bits per heavy atom. The van der Waals surface area contributed by atoms with Gasteiger partial charge in [0.25, 0.3) is 5.91 Å². The summed E-state index contributed by atoms with van der Waals surface area (Å²) in [6.45, 7) is 8.06. The minimum atomic E-state index is -0.0858. The molecule has 0 radical (unpaired) electrons. The number of hydrogen-bond acceptors (Lipinski definition) is 4. The van der Waals surface area contributed by atoms with E-state index in [0.717, 1.165) is 37.8 Å². The van der Waals surface area contributed by atoms with Crippen molar-refractivity contribution in [2.45, 2.75) is 89.9 Å². The molecule has 1 aromatic carbocycles. The average molecular weight is 436 g/mol. The lowest BCUT2D eigenvalue weighted by Crippen LogP contribution is -2.62. The second-order valence-electron chi connectivity index (χ2n) is 10.4. The quantitative estimate of drug-likeness (QED) is 0.713. The van der Waals surface area contributed by atoms with Crippen LogP contribution in [0.25, 0.3) is 0 Å². The number of carbonyl (C=O) groups is 2. The Kier molecular flexibility index (Phi) is 5.14. The fourth-order valence-corrected chi connectivity index (χ4v) is 6.71. The SMILES string of the molecule is CC(=O)N1[C@H]2CCC[C@H]3N(C(=O)c4cc(C(C)C)no4)[C@@H](Cc4ccccc4)[C@@H]1C[C@@]23C. The van der Waals surface area contributed by atoms with E-state index in [0.29, 0.717) is 5.76 Å². The van der Waals surface area contributed by atoms with Gasteiger partial charge in [-0.25, -0.2) is 0 Å². The van der Waals surface area contributed by atoms with E-state index in [1.807, 2.05) is 32.0 Å². The van der Waals surface area contributed by atoms with E-state index >= 15 is 0 Å². The van der Waals surface area contributed by atoms with E-state index in [2.05, 4.69) is 34.0 Å². The second kappa shape index (κ2) is 7.75. The van der Waals surface area contributed by atoms with Gasteiger partial charge < -0.3 is 14.3 Å². The lowest BCUT2D eigenvalue weighted by molar-refractivity contribution is -0.133. The van der Waals surface area contributed by atoms with Crippen molar-refractivity contribution in [2.24, 2.45) is 5.41 Å². The molecule has 6 nitrogen and oxygen atoms in total. The molecular weight excluding hydrogens is 402 g/mol. The third-order valence-corrected chi connectivity index (χ3v) is 8.17. The molecule has 2 bridgehead atoms. The number of amides is 2. The van der Waals surface area contributed by atoms with Crippen LogP contribution in [0.2, 0.25) is 0 Å². The molecule has 1 aliphatic carbocycles. The predicted molar refractivity (Wildman–Crippen MR) is 121 cm³/mol. The summed E-state index contributed by atoms with van der Waals surface area (Å²) in [5, 5.41) is 4.15. The van der Waals surface area contributed by atoms with E-state index in [4.69, 9.17) is 4.52 Å². The zero-order valence-corrected chi connectivity index (χ0v) is 19.5. The maximum atomic E-state index is 14.0. The van der Waals surface area contributed by atoms with Crippen LogP contribution in [0.5, 0.6) is 0 Å². The maximum absolute atomic E-state index is 14.0. The first-order valence-electron chi connectivity index (χ1n) is 11.9. The summed E-state index contributed by atoms with van der Waals surface area (Å²) < 4.78 is 5.55. The van der Waals surface area contributed by atoms with E-state index in [1.165, 1.54) is 5.56 Å². The first kappa shape index (κ1) is 21.2. The number of likely N-dealkylation sites (tertiary alicyclic amines) is 2. The molecule has 6 heteroatoms. The van der Waals surface area contributed by atoms with Gasteiger partial charge in [0, 0.05) is 30.5 Å². The van der Waals surface area contributed by atoms with Gasteiger partial charge in [-0.15, -0.1) is 0 Å². The van der Waals surface area contributed by atoms with Crippen molar-refractivity contribution >= 4 is 11.8 Å². The molecule has 5 rings (SSSR count). The molecular formula is C26H33N3O3. The Morgan fingerprint density at radius 1 is 1.16 bits per heavy atom. The van der Waals surface area contributed by atoms with Gasteiger partial charge in [0.2, 0.25) is 11.7 Å². The van der Waals surface area contributed by atoms with Crippen LogP contribution in [-0.2, 0) is 11.2 Å². The number of benzene rings is 1. The molecule has 1 aromatic heterocycles. The third kappa shape index (κ3) is 3.18. The Labute approximate surface area is 189 Å². The van der Waals surface area contributed by atoms with Crippen molar-refractivity contribution < 1.29 is 14.1 Å². The van der Waals surface area contributed by atoms with E-state index in [9.17, 15) is 9.59 Å². The zero-order chi connectivity index (χ0) is 22.6. The standard InChI is InChI=1S/C26H33N3O3/c1-16(2)19-14-22(32-27-19)25(31)29-20(13-18-9-6-5-7-10-18)21-15-26(4)23(28(21)17(3)30)11-8-12-24(26)29/h5-7,9-10,14,16,20-21,23-24H,8,11-13,15H2,1-4H3/t20-,21-,23-,24+,26-/m0/s1. The lowest BCUT2D eigenvalue weighted by atomic mass is 9.64. The van der Waals surface area contributed by atoms with Gasteiger partial charge >= 0.3 is 0 Å². The summed E-state index contributed by atoms with van der Waals surface area (Å²) in [6, 6.07) is 12.3. The zero-order valence-electron chi connectivity index (χ0n) is 19.5. The summed E-state index contributed by atoms with van der Waals surface area (Å²) >= 11 is 0. The lowest BCUT2D eigenvalue weighted by Gasteiger charge is -2.52. The van der Waals surface area contributed by atoms with Crippen molar-refractivity contribution in [3.8, 4) is 0 Å². The van der Waals surface area contributed by atoms with Crippen molar-refractivity contribution in [2.75, 3.05) is 0 Å². The molecule has 170 valence electrons. The molecule has 0 unspecified atom stereocenters. The predicted octanol–water partition coefficient (Wildman–Crippen LogP) is 4.41. The number of carbonyl (C=O) groups excluding carboxylic acids is 2. The van der Waals surface area contributed by atoms with Gasteiger partial charge in [-0.3, -0.25) is 9.59 Å². The van der Waals surface area contributed by atoms with Crippen LogP contribution >= 0.6 is 0 Å². The number of fused-ring (bicyclic) bond motifs is 1. The molecule has 2 saturated heterocycles. The normalized spacial score (nSPS) is 31.3. The molecule has 2 aromatic rings. The molecule has 0 N–H and O–H groups in total. The number of aromatic nitrogens is 1. The van der Waals surface area contributed by atoms with Gasteiger partial charge in [0.1, 0.15) is 0 Å². The van der Waals surface area contributed by atoms with Crippen LogP contribution in [0.4, 0.5) is 0 Å². The number of rotatable bonds is 4. The molecule has 2 aliphatic heterocycles. The highest BCUT2D eigenvalue weighted by Gasteiger charge is 2.64. The Morgan fingerprint density at radius 3 is 2.47 bits per heavy atom. The first-order valence-corrected chi connectivity index (χ1v) is 11.9. The van der Waals surface area contributed by atoms with Crippen LogP contribution in [0.3, 0.4) is 0 Å². The molecule has 2 amide bonds. The molecule has 5 atom stereocenters. The highest BCUT2D eigenvalue weighted by atomic mass is 16.5. The van der Waals surface area contributed by atoms with Crippen molar-refractivity contribution in [3.63, 3.8) is 0 Å². The van der Waals surface area contributed by atoms with E-state index in [1.54, 1.807) is 13.0 Å². The van der Waals surface area contributed by atoms with Crippen LogP contribution < -0.4 is 0 Å². The van der Waals surface area contributed by atoms with Gasteiger partial charge in [0.05, 0.1) is 17.8 Å². The minimum absolute atomic E-state index is 0.0218. The highest BCUT2D eigenvalue weighted by molar-refractivity contribution is 5.92. The van der Waals surface area contributed by atoms with E-state index < -0.39 is 0 Å². The Hall–Kier alpha value is -2.63. The van der Waals surface area contributed by atoms with Gasteiger partial charge in [-0.1, -0.05) is 56.3 Å². The van der Waals surface area contributed by atoms with E-state index in [-0.39, 0.29) is 47.3 Å². The maximum Gasteiger partial charge on any atom is 0.293 e. The molecule has 3 heterocycles. The summed E-state index contributed by atoms with van der Waals surface area (Å²) in [5.41, 5.74) is 1.90. The first-order chi connectivity index (χ1) is 15.3. The minimum Gasteiger partial charge on any atom is -0.351 e. The van der Waals surface area contributed by atoms with Gasteiger partial charge in [-0.05, 0) is 43.6 Å². The summed E-state index contributed by atoms with van der Waals surface area (Å²) in [6.07, 6.45) is 4.69. The highest BCUT2D eigenvalue weighted by Crippen LogP contribution is 2.56. The van der Waals surface area contributed by atoms with Gasteiger partial charge in [0.15, 0.2) is 0 Å². The third-order valence-electron chi connectivity index (χ3n) is 8.17. The number of nitrogens with zero attached hydrogens (tertiary/aromatic N) is 3. The van der Waals surface area contributed by atoms with Crippen molar-refractivity contribution in [1.29, 1.82) is 0 Å². The summed E-state index contributed by atoms with van der Waals surface area (Å²) in [5.74, 6) is 0.548. The molecule has 1 saturated carbocycles. The van der Waals surface area contributed by atoms with Crippen molar-refractivity contribution in [1.82, 2.24) is 15.0 Å². The summed E-state index contributed by atoms with van der Waals surface area (Å²) in [7, 11) is 0. The smallest absolute Gasteiger partial charge is 0.293 e. The molecule has 3 fully saturated rings. The Balaban J connectivity index is 1.59. The summed E-state index contributed by atoms with van der Waals surface area (Å²) in [4.78, 5) is 31.0. The van der Waals surface area contributed by atoms with Gasteiger partial charge in [-0.2, -0.15) is 0 Å². The second-order valence-corrected chi connectivity index (χ2v) is 10.4. The van der Waals surface area contributed by atoms with Crippen molar-refractivity contribution in [3.05, 3.63) is 53.4 Å². The molecule has 3 aliphatic rings. The average Bonchev–Trinajstić information content (AvgIpc) is 3.36. The van der Waals surface area contributed by atoms with Crippen LogP contribution in [-0.4, -0.2) is 50.9 Å².